The standard InChI is InChI=1S/C14H19N3O2/c18-13(19)12-7-6-10-4-1-2-5-11(10)17(12)14-15-8-3-9-16-14/h3,8-12H,1-2,4-7H2,(H,18,19). The van der Waals surface area contributed by atoms with Crippen molar-refractivity contribution in [3.05, 3.63) is 18.5 Å². The topological polar surface area (TPSA) is 66.3 Å². The van der Waals surface area contributed by atoms with Crippen molar-refractivity contribution in [3.8, 4) is 0 Å². The van der Waals surface area contributed by atoms with Crippen molar-refractivity contribution in [2.75, 3.05) is 4.90 Å². The third-order valence-corrected chi connectivity index (χ3v) is 4.44. The molecule has 1 saturated carbocycles. The summed E-state index contributed by atoms with van der Waals surface area (Å²) in [7, 11) is 0. The Morgan fingerprint density at radius 3 is 2.63 bits per heavy atom. The van der Waals surface area contributed by atoms with E-state index in [9.17, 15) is 9.90 Å². The van der Waals surface area contributed by atoms with E-state index < -0.39 is 12.0 Å². The number of rotatable bonds is 2. The molecule has 1 saturated heterocycles. The minimum atomic E-state index is -0.753. The van der Waals surface area contributed by atoms with E-state index in [1.807, 2.05) is 4.90 Å². The maximum atomic E-state index is 11.5. The lowest BCUT2D eigenvalue weighted by Gasteiger charge is -2.47. The second-order valence-corrected chi connectivity index (χ2v) is 5.50. The zero-order valence-corrected chi connectivity index (χ0v) is 10.9. The average Bonchev–Trinajstić information content (AvgIpc) is 2.46. The molecule has 3 rings (SSSR count). The van der Waals surface area contributed by atoms with Crippen LogP contribution in [0.5, 0.6) is 0 Å². The van der Waals surface area contributed by atoms with Gasteiger partial charge in [0.15, 0.2) is 0 Å². The predicted molar refractivity (Wildman–Crippen MR) is 70.9 cm³/mol. The Labute approximate surface area is 112 Å². The third-order valence-electron chi connectivity index (χ3n) is 4.44. The van der Waals surface area contributed by atoms with Crippen LogP contribution < -0.4 is 4.90 Å². The molecule has 2 aliphatic rings. The van der Waals surface area contributed by atoms with Gasteiger partial charge in [-0.2, -0.15) is 0 Å². The van der Waals surface area contributed by atoms with Gasteiger partial charge >= 0.3 is 5.97 Å². The second-order valence-electron chi connectivity index (χ2n) is 5.50. The van der Waals surface area contributed by atoms with Gasteiger partial charge in [-0.25, -0.2) is 14.8 Å². The van der Waals surface area contributed by atoms with Gasteiger partial charge < -0.3 is 10.0 Å². The first-order chi connectivity index (χ1) is 9.27. The highest BCUT2D eigenvalue weighted by Crippen LogP contribution is 2.39. The minimum Gasteiger partial charge on any atom is -0.480 e. The maximum Gasteiger partial charge on any atom is 0.326 e. The van der Waals surface area contributed by atoms with E-state index in [1.165, 1.54) is 19.3 Å². The number of piperidine rings is 1. The second kappa shape index (κ2) is 5.15. The molecule has 3 atom stereocenters. The van der Waals surface area contributed by atoms with Crippen molar-refractivity contribution < 1.29 is 9.90 Å². The zero-order chi connectivity index (χ0) is 13.2. The summed E-state index contributed by atoms with van der Waals surface area (Å²) in [6.07, 6.45) is 9.81. The number of anilines is 1. The molecule has 0 radical (unpaired) electrons. The molecule has 2 fully saturated rings. The van der Waals surface area contributed by atoms with Crippen molar-refractivity contribution in [2.45, 2.75) is 50.6 Å². The molecule has 1 aliphatic carbocycles. The quantitative estimate of drug-likeness (QED) is 0.883. The van der Waals surface area contributed by atoms with Crippen molar-refractivity contribution in [1.29, 1.82) is 0 Å². The van der Waals surface area contributed by atoms with Crippen LogP contribution in [-0.2, 0) is 4.79 Å². The average molecular weight is 261 g/mol. The maximum absolute atomic E-state index is 11.5. The molecule has 1 N–H and O–H groups in total. The molecule has 19 heavy (non-hydrogen) atoms. The Bertz CT molecular complexity index is 451. The Morgan fingerprint density at radius 2 is 1.89 bits per heavy atom. The van der Waals surface area contributed by atoms with Crippen LogP contribution in [0, 0.1) is 5.92 Å². The highest BCUT2D eigenvalue weighted by atomic mass is 16.4. The molecule has 0 bridgehead atoms. The van der Waals surface area contributed by atoms with Gasteiger partial charge in [0.25, 0.3) is 0 Å². The molecule has 2 heterocycles. The van der Waals surface area contributed by atoms with Crippen molar-refractivity contribution >= 4 is 11.9 Å². The van der Waals surface area contributed by atoms with Crippen LogP contribution in [0.25, 0.3) is 0 Å². The molecular formula is C14H19N3O2. The fourth-order valence-corrected chi connectivity index (χ4v) is 3.59. The summed E-state index contributed by atoms with van der Waals surface area (Å²) in [6.45, 7) is 0. The summed E-state index contributed by atoms with van der Waals surface area (Å²) in [5.41, 5.74) is 0. The molecule has 5 nitrogen and oxygen atoms in total. The smallest absolute Gasteiger partial charge is 0.326 e. The molecule has 1 aromatic heterocycles. The van der Waals surface area contributed by atoms with Crippen LogP contribution >= 0.6 is 0 Å². The fourth-order valence-electron chi connectivity index (χ4n) is 3.59. The Kier molecular flexibility index (Phi) is 3.36. The molecule has 3 unspecified atom stereocenters. The van der Waals surface area contributed by atoms with E-state index in [-0.39, 0.29) is 0 Å². The van der Waals surface area contributed by atoms with Gasteiger partial charge in [-0.15, -0.1) is 0 Å². The molecule has 0 spiro atoms. The van der Waals surface area contributed by atoms with Gasteiger partial charge in [0.1, 0.15) is 6.04 Å². The van der Waals surface area contributed by atoms with Crippen molar-refractivity contribution in [1.82, 2.24) is 9.97 Å². The minimum absolute atomic E-state index is 0.297. The highest BCUT2D eigenvalue weighted by molar-refractivity contribution is 5.77. The summed E-state index contributed by atoms with van der Waals surface area (Å²) in [5, 5.41) is 9.46. The lowest BCUT2D eigenvalue weighted by Crippen LogP contribution is -2.56. The number of aliphatic carboxylic acids is 1. The van der Waals surface area contributed by atoms with Gasteiger partial charge in [-0.3, -0.25) is 0 Å². The number of carboxylic acids is 1. The first-order valence-electron chi connectivity index (χ1n) is 7.05. The lowest BCUT2D eigenvalue weighted by atomic mass is 9.76. The molecule has 0 amide bonds. The summed E-state index contributed by atoms with van der Waals surface area (Å²) in [5.74, 6) is 0.427. The van der Waals surface area contributed by atoms with E-state index in [2.05, 4.69) is 9.97 Å². The number of hydrogen-bond acceptors (Lipinski definition) is 4. The number of carboxylic acid groups (broad SMARTS) is 1. The van der Waals surface area contributed by atoms with E-state index in [0.29, 0.717) is 24.3 Å². The van der Waals surface area contributed by atoms with E-state index in [4.69, 9.17) is 0 Å². The van der Waals surface area contributed by atoms with Gasteiger partial charge in [0.05, 0.1) is 0 Å². The summed E-state index contributed by atoms with van der Waals surface area (Å²) in [4.78, 5) is 22.0. The van der Waals surface area contributed by atoms with Crippen LogP contribution in [-0.4, -0.2) is 33.1 Å². The number of hydrogen-bond donors (Lipinski definition) is 1. The van der Waals surface area contributed by atoms with Crippen LogP contribution in [0.3, 0.4) is 0 Å². The summed E-state index contributed by atoms with van der Waals surface area (Å²) >= 11 is 0. The molecule has 1 aliphatic heterocycles. The van der Waals surface area contributed by atoms with Gasteiger partial charge in [-0.1, -0.05) is 12.8 Å². The van der Waals surface area contributed by atoms with Crippen LogP contribution in [0.1, 0.15) is 38.5 Å². The first kappa shape index (κ1) is 12.4. The van der Waals surface area contributed by atoms with Gasteiger partial charge in [-0.05, 0) is 37.7 Å². The zero-order valence-electron chi connectivity index (χ0n) is 10.9. The van der Waals surface area contributed by atoms with Gasteiger partial charge in [0, 0.05) is 18.4 Å². The normalized spacial score (nSPS) is 30.7. The summed E-state index contributed by atoms with van der Waals surface area (Å²) < 4.78 is 0. The van der Waals surface area contributed by atoms with Crippen molar-refractivity contribution in [3.63, 3.8) is 0 Å². The van der Waals surface area contributed by atoms with Crippen molar-refractivity contribution in [2.24, 2.45) is 5.92 Å². The monoisotopic (exact) mass is 261 g/mol. The van der Waals surface area contributed by atoms with Crippen LogP contribution in [0.2, 0.25) is 0 Å². The molecule has 1 aromatic rings. The van der Waals surface area contributed by atoms with E-state index >= 15 is 0 Å². The molecule has 5 heteroatoms. The van der Waals surface area contributed by atoms with E-state index in [0.717, 1.165) is 12.8 Å². The van der Waals surface area contributed by atoms with Crippen LogP contribution in [0.4, 0.5) is 5.95 Å². The van der Waals surface area contributed by atoms with E-state index in [1.54, 1.807) is 18.5 Å². The largest absolute Gasteiger partial charge is 0.480 e. The summed E-state index contributed by atoms with van der Waals surface area (Å²) in [6, 6.07) is 1.59. The number of carbonyl (C=O) groups is 1. The van der Waals surface area contributed by atoms with Crippen LogP contribution in [0.15, 0.2) is 18.5 Å². The Hall–Kier alpha value is -1.65. The number of nitrogens with zero attached hydrogens (tertiary/aromatic N) is 3. The molecule has 102 valence electrons. The van der Waals surface area contributed by atoms with Gasteiger partial charge in [0.2, 0.25) is 5.95 Å². The SMILES string of the molecule is O=C(O)C1CCC2CCCCC2N1c1ncccn1. The predicted octanol–water partition coefficient (Wildman–Crippen LogP) is 2.09. The third kappa shape index (κ3) is 2.29. The molecular weight excluding hydrogens is 242 g/mol. The number of fused-ring (bicyclic) bond motifs is 1. The number of aromatic nitrogens is 2. The first-order valence-corrected chi connectivity index (χ1v) is 7.05. The Balaban J connectivity index is 1.94. The fraction of sp³-hybridized carbons (Fsp3) is 0.643. The Morgan fingerprint density at radius 1 is 1.16 bits per heavy atom. The lowest BCUT2D eigenvalue weighted by molar-refractivity contribution is -0.139. The molecule has 0 aromatic carbocycles. The highest BCUT2D eigenvalue weighted by Gasteiger charge is 2.42.